The molecular weight excluding hydrogens is 734 g/mol. The van der Waals surface area contributed by atoms with Gasteiger partial charge in [-0.05, 0) is 90.6 Å². The first-order valence-electron chi connectivity index (χ1n) is 20.3. The van der Waals surface area contributed by atoms with Crippen molar-refractivity contribution in [2.75, 3.05) is 27.2 Å². The fourth-order valence-electron chi connectivity index (χ4n) is 9.28. The number of carbonyl (C=O) groups is 6. The molecule has 4 rings (SSSR count). The molecule has 2 heterocycles. The zero-order valence-corrected chi connectivity index (χ0v) is 35.1. The van der Waals surface area contributed by atoms with Crippen LogP contribution in [-0.2, 0) is 38.1 Å². The standard InChI is InChI=1S/C42H61N5O10/c1-11-30-35(51)34(50)26(5)33(49)27(6)36(56-40-37(31(46(9)10)22-25(4)54-40)55-39(52)29-17-13-12-14-18-29)24(3)21-23(2)32(48)28(7)38-42(30,8)57-41(53)47(38)20-16-15-19-44-45-43/h12-14,17-18,23-28,30-31,36-38,40H,11,15-16,19-22H2,1-10H3/t23-,24-,25-,26-,27+,28+,30?,31+,36-,37-,38-,40+,42+/m1/s1. The number of ether oxygens (including phenoxy) is 4. The SMILES string of the molecule is CCC1C(=O)C(=O)[C@H](C)C(=O)[C@H](C)[C@H](O[C@@H]2O[C@H](C)C[C@H](N(C)C)[C@H]2OC(=O)c2ccccc2)[C@H](C)C[C@@H](C)C(=O)[C@H](C)[C@H]2N(CCCCN=[N+]=[N-])C(=O)O[C@@]12C. The fourth-order valence-corrected chi connectivity index (χ4v) is 9.28. The summed E-state index contributed by atoms with van der Waals surface area (Å²) in [6.45, 7) is 14.0. The summed E-state index contributed by atoms with van der Waals surface area (Å²) in [6.07, 6.45) is -2.15. The zero-order chi connectivity index (χ0) is 42.4. The molecule has 15 nitrogen and oxygen atoms in total. The summed E-state index contributed by atoms with van der Waals surface area (Å²) in [5.41, 5.74) is 7.49. The van der Waals surface area contributed by atoms with Gasteiger partial charge in [0.1, 0.15) is 17.2 Å². The molecule has 0 bridgehead atoms. The van der Waals surface area contributed by atoms with E-state index in [-0.39, 0.29) is 43.9 Å². The number of nitrogens with zero attached hydrogens (tertiary/aromatic N) is 5. The first-order valence-corrected chi connectivity index (χ1v) is 20.3. The minimum Gasteiger partial charge on any atom is -0.452 e. The number of unbranched alkanes of at least 4 members (excludes halogenated alkanes) is 1. The molecular formula is C42H61N5O10. The summed E-state index contributed by atoms with van der Waals surface area (Å²) in [5.74, 6) is -8.38. The number of fused-ring (bicyclic) bond motifs is 1. The minimum atomic E-state index is -1.56. The number of rotatable bonds is 11. The third-order valence-corrected chi connectivity index (χ3v) is 12.3. The average Bonchev–Trinajstić information content (AvgIpc) is 3.44. The van der Waals surface area contributed by atoms with E-state index < -0.39 is 95.1 Å². The second-order valence-corrected chi connectivity index (χ2v) is 16.7. The Kier molecular flexibility index (Phi) is 15.6. The van der Waals surface area contributed by atoms with Crippen LogP contribution in [0.25, 0.3) is 10.4 Å². The van der Waals surface area contributed by atoms with E-state index in [2.05, 4.69) is 10.0 Å². The van der Waals surface area contributed by atoms with Gasteiger partial charge in [0.05, 0.1) is 41.7 Å². The Hall–Kier alpha value is -4.17. The molecule has 1 unspecified atom stereocenters. The number of amides is 1. The van der Waals surface area contributed by atoms with Crippen LogP contribution in [0.3, 0.4) is 0 Å². The summed E-state index contributed by atoms with van der Waals surface area (Å²) < 4.78 is 25.3. The number of azide groups is 1. The highest BCUT2D eigenvalue weighted by atomic mass is 16.7. The zero-order valence-electron chi connectivity index (χ0n) is 35.1. The molecule has 0 spiro atoms. The Morgan fingerprint density at radius 3 is 2.23 bits per heavy atom. The maximum Gasteiger partial charge on any atom is 0.410 e. The number of likely N-dealkylation sites (N-methyl/N-ethyl adjacent to an activating group) is 1. The third-order valence-electron chi connectivity index (χ3n) is 12.3. The number of carbonyl (C=O) groups excluding carboxylic acids is 6. The van der Waals surface area contributed by atoms with Gasteiger partial charge in [0.15, 0.2) is 12.4 Å². The van der Waals surface area contributed by atoms with E-state index in [9.17, 15) is 28.8 Å². The average molecular weight is 796 g/mol. The summed E-state index contributed by atoms with van der Waals surface area (Å²) in [6, 6.07) is 7.35. The predicted octanol–water partition coefficient (Wildman–Crippen LogP) is 6.22. The van der Waals surface area contributed by atoms with E-state index in [0.29, 0.717) is 24.8 Å². The molecule has 57 heavy (non-hydrogen) atoms. The van der Waals surface area contributed by atoms with Crippen molar-refractivity contribution in [2.45, 2.75) is 130 Å². The van der Waals surface area contributed by atoms with E-state index >= 15 is 0 Å². The maximum absolute atomic E-state index is 14.5. The monoisotopic (exact) mass is 795 g/mol. The van der Waals surface area contributed by atoms with Crippen molar-refractivity contribution in [3.8, 4) is 0 Å². The molecule has 3 aliphatic rings. The molecule has 1 aromatic rings. The molecule has 2 aliphatic heterocycles. The van der Waals surface area contributed by atoms with Gasteiger partial charge in [0.2, 0.25) is 11.6 Å². The topological polar surface area (TPSA) is 195 Å². The van der Waals surface area contributed by atoms with Crippen LogP contribution >= 0.6 is 0 Å². The van der Waals surface area contributed by atoms with Gasteiger partial charge in [-0.1, -0.05) is 57.9 Å². The van der Waals surface area contributed by atoms with Crippen molar-refractivity contribution >= 4 is 35.2 Å². The number of hydrogen-bond acceptors (Lipinski definition) is 12. The van der Waals surface area contributed by atoms with Crippen LogP contribution in [0.4, 0.5) is 4.79 Å². The van der Waals surface area contributed by atoms with Gasteiger partial charge in [0, 0.05) is 35.8 Å². The van der Waals surface area contributed by atoms with Crippen LogP contribution in [0.2, 0.25) is 0 Å². The molecule has 15 heteroatoms. The second-order valence-electron chi connectivity index (χ2n) is 16.7. The Bertz CT molecular complexity index is 1680. The summed E-state index contributed by atoms with van der Waals surface area (Å²) in [4.78, 5) is 90.5. The quantitative estimate of drug-likeness (QED) is 0.0469. The molecule has 1 aliphatic carbocycles. The van der Waals surface area contributed by atoms with Crippen LogP contribution in [0.5, 0.6) is 0 Å². The first-order chi connectivity index (χ1) is 26.9. The van der Waals surface area contributed by atoms with Crippen LogP contribution < -0.4 is 0 Å². The van der Waals surface area contributed by atoms with Gasteiger partial charge in [-0.2, -0.15) is 0 Å². The lowest BCUT2D eigenvalue weighted by Gasteiger charge is -2.45. The Morgan fingerprint density at radius 1 is 0.947 bits per heavy atom. The Balaban J connectivity index is 1.75. The highest BCUT2D eigenvalue weighted by Crippen LogP contribution is 2.44. The summed E-state index contributed by atoms with van der Waals surface area (Å²) >= 11 is 0. The molecule has 1 aromatic carbocycles. The second kappa shape index (κ2) is 19.5. The number of benzene rings is 1. The van der Waals surface area contributed by atoms with Gasteiger partial charge in [-0.15, -0.1) is 0 Å². The van der Waals surface area contributed by atoms with E-state index in [1.807, 2.05) is 32.8 Å². The van der Waals surface area contributed by atoms with Gasteiger partial charge in [0.25, 0.3) is 0 Å². The van der Waals surface area contributed by atoms with Crippen molar-refractivity contribution < 1.29 is 47.7 Å². The van der Waals surface area contributed by atoms with E-state index in [4.69, 9.17) is 24.5 Å². The lowest BCUT2D eigenvalue weighted by molar-refractivity contribution is -0.277. The summed E-state index contributed by atoms with van der Waals surface area (Å²) in [5, 5.41) is 3.57. The molecule has 13 atom stereocenters. The van der Waals surface area contributed by atoms with Gasteiger partial charge in [-0.3, -0.25) is 19.2 Å². The minimum absolute atomic E-state index is 0.110. The fraction of sp³-hybridized carbons (Fsp3) is 0.714. The van der Waals surface area contributed by atoms with Gasteiger partial charge < -0.3 is 28.7 Å². The highest BCUT2D eigenvalue weighted by molar-refractivity contribution is 6.42. The molecule has 1 saturated carbocycles. The molecule has 3 fully saturated rings. The predicted molar refractivity (Wildman–Crippen MR) is 210 cm³/mol. The smallest absolute Gasteiger partial charge is 0.410 e. The maximum atomic E-state index is 14.5. The Labute approximate surface area is 336 Å². The number of hydrogen-bond donors (Lipinski definition) is 0. The van der Waals surface area contributed by atoms with Crippen LogP contribution in [-0.4, -0.2) is 114 Å². The molecule has 1 amide bonds. The highest BCUT2D eigenvalue weighted by Gasteiger charge is 2.60. The number of ketones is 4. The molecule has 0 aromatic heterocycles. The Morgan fingerprint density at radius 2 is 1.61 bits per heavy atom. The van der Waals surface area contributed by atoms with Crippen LogP contribution in [0.15, 0.2) is 35.4 Å². The van der Waals surface area contributed by atoms with Gasteiger partial charge in [-0.25, -0.2) is 9.59 Å². The first kappa shape index (κ1) is 45.5. The van der Waals surface area contributed by atoms with Crippen molar-refractivity contribution in [3.05, 3.63) is 46.3 Å². The van der Waals surface area contributed by atoms with Crippen molar-refractivity contribution in [2.24, 2.45) is 40.6 Å². The summed E-state index contributed by atoms with van der Waals surface area (Å²) in [7, 11) is 3.75. The number of esters is 1. The lowest BCUT2D eigenvalue weighted by atomic mass is 9.69. The van der Waals surface area contributed by atoms with Crippen LogP contribution in [0.1, 0.15) is 97.9 Å². The molecule has 0 N–H and O–H groups in total. The van der Waals surface area contributed by atoms with Crippen LogP contribution in [0, 0.1) is 35.5 Å². The van der Waals surface area contributed by atoms with E-state index in [1.54, 1.807) is 65.0 Å². The third kappa shape index (κ3) is 9.93. The molecule has 0 radical (unpaired) electrons. The van der Waals surface area contributed by atoms with Crippen molar-refractivity contribution in [1.29, 1.82) is 0 Å². The van der Waals surface area contributed by atoms with E-state index in [1.165, 1.54) is 11.8 Å². The largest absolute Gasteiger partial charge is 0.452 e. The van der Waals surface area contributed by atoms with E-state index in [0.717, 1.165) is 0 Å². The molecule has 2 saturated heterocycles. The molecule has 314 valence electrons. The van der Waals surface area contributed by atoms with Crippen molar-refractivity contribution in [1.82, 2.24) is 9.80 Å². The lowest BCUT2D eigenvalue weighted by Crippen LogP contribution is -2.58. The van der Waals surface area contributed by atoms with Gasteiger partial charge >= 0.3 is 12.1 Å². The number of Topliss-reactive ketones (excluding diaryl/α,β-unsaturated/α-hetero) is 4. The normalized spacial score (nSPS) is 35.6. The van der Waals surface area contributed by atoms with Crippen molar-refractivity contribution in [3.63, 3.8) is 0 Å².